The third-order valence-corrected chi connectivity index (χ3v) is 3.13. The van der Waals surface area contributed by atoms with Crippen LogP contribution in [0.25, 0.3) is 0 Å². The zero-order chi connectivity index (χ0) is 15.9. The third kappa shape index (κ3) is 6.12. The number of nitrogens with zero attached hydrogens (tertiary/aromatic N) is 3. The van der Waals surface area contributed by atoms with Crippen LogP contribution in [0, 0.1) is 12.3 Å². The largest absolute Gasteiger partial charge is 0.379 e. The molecule has 7 nitrogen and oxygen atoms in total. The molecule has 1 rings (SSSR count). The fourth-order valence-electron chi connectivity index (χ4n) is 1.88. The van der Waals surface area contributed by atoms with E-state index in [1.165, 1.54) is 0 Å². The molecular weight excluding hydrogens is 270 g/mol. The summed E-state index contributed by atoms with van der Waals surface area (Å²) in [4.78, 5) is 8.34. The molecule has 0 aliphatic carbocycles. The SMILES string of the molecule is CN=C(NCCc1nc(C)no1)NCC(OC)C(C)(C)C. The van der Waals surface area contributed by atoms with Crippen molar-refractivity contribution in [3.8, 4) is 0 Å². The Hall–Kier alpha value is -1.63. The van der Waals surface area contributed by atoms with Crippen molar-refractivity contribution in [1.82, 2.24) is 20.8 Å². The first-order valence-corrected chi connectivity index (χ1v) is 7.13. The molecule has 0 radical (unpaired) electrons. The van der Waals surface area contributed by atoms with Crippen LogP contribution in [-0.4, -0.2) is 49.5 Å². The monoisotopic (exact) mass is 297 g/mol. The molecule has 21 heavy (non-hydrogen) atoms. The summed E-state index contributed by atoms with van der Waals surface area (Å²) in [5.74, 6) is 2.01. The normalized spacial score (nSPS) is 14.1. The van der Waals surface area contributed by atoms with Gasteiger partial charge in [0.05, 0.1) is 6.10 Å². The highest BCUT2D eigenvalue weighted by Crippen LogP contribution is 2.20. The molecule has 0 aromatic carbocycles. The van der Waals surface area contributed by atoms with E-state index in [-0.39, 0.29) is 11.5 Å². The third-order valence-electron chi connectivity index (χ3n) is 3.13. The number of hydrogen-bond donors (Lipinski definition) is 2. The van der Waals surface area contributed by atoms with E-state index in [1.807, 2.05) is 0 Å². The van der Waals surface area contributed by atoms with Crippen molar-refractivity contribution in [2.75, 3.05) is 27.2 Å². The first-order chi connectivity index (χ1) is 9.86. The Morgan fingerprint density at radius 1 is 1.38 bits per heavy atom. The Kier molecular flexibility index (Phi) is 6.61. The molecule has 0 saturated heterocycles. The van der Waals surface area contributed by atoms with E-state index in [4.69, 9.17) is 9.26 Å². The fourth-order valence-corrected chi connectivity index (χ4v) is 1.88. The van der Waals surface area contributed by atoms with Gasteiger partial charge in [-0.05, 0) is 12.3 Å². The van der Waals surface area contributed by atoms with E-state index >= 15 is 0 Å². The zero-order valence-electron chi connectivity index (χ0n) is 13.9. The van der Waals surface area contributed by atoms with E-state index in [2.05, 4.69) is 46.5 Å². The summed E-state index contributed by atoms with van der Waals surface area (Å²) in [7, 11) is 3.47. The standard InChI is InChI=1S/C14H27N5O2/c1-10-18-12(21-19-10)7-8-16-13(15-5)17-9-11(20-6)14(2,3)4/h11H,7-9H2,1-6H3,(H2,15,16,17). The Morgan fingerprint density at radius 2 is 2.10 bits per heavy atom. The Balaban J connectivity index is 2.35. The van der Waals surface area contributed by atoms with Gasteiger partial charge < -0.3 is 19.9 Å². The highest BCUT2D eigenvalue weighted by atomic mass is 16.5. The summed E-state index contributed by atoms with van der Waals surface area (Å²) in [6, 6.07) is 0. The maximum atomic E-state index is 5.51. The van der Waals surface area contributed by atoms with Gasteiger partial charge >= 0.3 is 0 Å². The topological polar surface area (TPSA) is 84.6 Å². The van der Waals surface area contributed by atoms with Gasteiger partial charge in [0, 0.05) is 33.7 Å². The first kappa shape index (κ1) is 17.4. The van der Waals surface area contributed by atoms with E-state index in [1.54, 1.807) is 21.1 Å². The van der Waals surface area contributed by atoms with E-state index < -0.39 is 0 Å². The highest BCUT2D eigenvalue weighted by Gasteiger charge is 2.24. The molecule has 0 spiro atoms. The number of ether oxygens (including phenoxy) is 1. The van der Waals surface area contributed by atoms with E-state index in [9.17, 15) is 0 Å². The molecule has 0 aliphatic heterocycles. The second-order valence-electron chi connectivity index (χ2n) is 5.96. The van der Waals surface area contributed by atoms with Gasteiger partial charge in [-0.15, -0.1) is 0 Å². The van der Waals surface area contributed by atoms with Crippen molar-refractivity contribution in [1.29, 1.82) is 0 Å². The molecule has 1 heterocycles. The van der Waals surface area contributed by atoms with Crippen molar-refractivity contribution in [3.63, 3.8) is 0 Å². The molecule has 0 bridgehead atoms. The van der Waals surface area contributed by atoms with Gasteiger partial charge in [-0.2, -0.15) is 4.98 Å². The lowest BCUT2D eigenvalue weighted by atomic mass is 9.89. The molecular formula is C14H27N5O2. The molecule has 1 atom stereocenters. The molecule has 2 N–H and O–H groups in total. The molecule has 0 aliphatic rings. The number of nitrogens with one attached hydrogen (secondary N) is 2. The molecule has 7 heteroatoms. The maximum Gasteiger partial charge on any atom is 0.228 e. The number of hydrogen-bond acceptors (Lipinski definition) is 5. The molecule has 1 aromatic rings. The van der Waals surface area contributed by atoms with Crippen LogP contribution in [0.3, 0.4) is 0 Å². The van der Waals surface area contributed by atoms with Gasteiger partial charge in [0.25, 0.3) is 0 Å². The number of aryl methyl sites for hydroxylation is 1. The number of aliphatic imine (C=N–C) groups is 1. The first-order valence-electron chi connectivity index (χ1n) is 7.13. The fraction of sp³-hybridized carbons (Fsp3) is 0.786. The molecule has 0 amide bonds. The van der Waals surface area contributed by atoms with Crippen LogP contribution in [0.15, 0.2) is 9.52 Å². The quantitative estimate of drug-likeness (QED) is 0.605. The lowest BCUT2D eigenvalue weighted by Crippen LogP contribution is -2.45. The van der Waals surface area contributed by atoms with Gasteiger partial charge in [0.1, 0.15) is 0 Å². The number of rotatable bonds is 6. The predicted molar refractivity (Wildman–Crippen MR) is 82.4 cm³/mol. The molecule has 0 fully saturated rings. The van der Waals surface area contributed by atoms with Crippen molar-refractivity contribution >= 4 is 5.96 Å². The summed E-state index contributed by atoms with van der Waals surface area (Å²) in [5, 5.41) is 10.2. The van der Waals surface area contributed by atoms with Crippen LogP contribution in [-0.2, 0) is 11.2 Å². The Bertz CT molecular complexity index is 450. The summed E-state index contributed by atoms with van der Waals surface area (Å²) in [5.41, 5.74) is 0.0713. The van der Waals surface area contributed by atoms with Crippen LogP contribution in [0.2, 0.25) is 0 Å². The van der Waals surface area contributed by atoms with Crippen LogP contribution in [0.1, 0.15) is 32.5 Å². The van der Waals surface area contributed by atoms with Crippen molar-refractivity contribution in [2.45, 2.75) is 40.2 Å². The van der Waals surface area contributed by atoms with Crippen molar-refractivity contribution < 1.29 is 9.26 Å². The predicted octanol–water partition coefficient (Wildman–Crippen LogP) is 1.15. The second kappa shape index (κ2) is 7.97. The number of guanidine groups is 1. The molecule has 1 unspecified atom stereocenters. The molecule has 0 saturated carbocycles. The summed E-state index contributed by atoms with van der Waals surface area (Å²) >= 11 is 0. The Labute approximate surface area is 126 Å². The van der Waals surface area contributed by atoms with Crippen molar-refractivity contribution in [2.24, 2.45) is 10.4 Å². The molecule has 120 valence electrons. The van der Waals surface area contributed by atoms with Gasteiger partial charge in [-0.3, -0.25) is 4.99 Å². The molecule has 1 aromatic heterocycles. The minimum absolute atomic E-state index is 0.0713. The zero-order valence-corrected chi connectivity index (χ0v) is 13.9. The van der Waals surface area contributed by atoms with Gasteiger partial charge in [0.15, 0.2) is 11.8 Å². The smallest absolute Gasteiger partial charge is 0.228 e. The van der Waals surface area contributed by atoms with Gasteiger partial charge in [0.2, 0.25) is 5.89 Å². The number of aromatic nitrogens is 2. The summed E-state index contributed by atoms with van der Waals surface area (Å²) in [6.07, 6.45) is 0.767. The van der Waals surface area contributed by atoms with Gasteiger partial charge in [-0.25, -0.2) is 0 Å². The minimum atomic E-state index is 0.0713. The Morgan fingerprint density at radius 3 is 2.57 bits per heavy atom. The highest BCUT2D eigenvalue weighted by molar-refractivity contribution is 5.79. The van der Waals surface area contributed by atoms with E-state index in [0.29, 0.717) is 31.2 Å². The van der Waals surface area contributed by atoms with E-state index in [0.717, 1.165) is 5.96 Å². The van der Waals surface area contributed by atoms with Crippen LogP contribution in [0.5, 0.6) is 0 Å². The average Bonchev–Trinajstić information content (AvgIpc) is 2.81. The average molecular weight is 297 g/mol. The van der Waals surface area contributed by atoms with Crippen LogP contribution < -0.4 is 10.6 Å². The van der Waals surface area contributed by atoms with Crippen molar-refractivity contribution in [3.05, 3.63) is 11.7 Å². The maximum absolute atomic E-state index is 5.51. The van der Waals surface area contributed by atoms with Gasteiger partial charge in [-0.1, -0.05) is 25.9 Å². The van der Waals surface area contributed by atoms with Crippen LogP contribution >= 0.6 is 0 Å². The lowest BCUT2D eigenvalue weighted by molar-refractivity contribution is 0.0205. The lowest BCUT2D eigenvalue weighted by Gasteiger charge is -2.30. The second-order valence-corrected chi connectivity index (χ2v) is 5.96. The minimum Gasteiger partial charge on any atom is -0.379 e. The van der Waals surface area contributed by atoms with Crippen LogP contribution in [0.4, 0.5) is 0 Å². The summed E-state index contributed by atoms with van der Waals surface area (Å²) < 4.78 is 10.6. The number of methoxy groups -OCH3 is 1. The summed E-state index contributed by atoms with van der Waals surface area (Å²) in [6.45, 7) is 9.62.